The second kappa shape index (κ2) is 7.42. The molecule has 0 N–H and O–H groups in total. The lowest BCUT2D eigenvalue weighted by molar-refractivity contribution is -0.125. The van der Waals surface area contributed by atoms with Crippen molar-refractivity contribution in [2.75, 3.05) is 11.5 Å². The maximum Gasteiger partial charge on any atom is 0.338 e. The van der Waals surface area contributed by atoms with Crippen molar-refractivity contribution in [3.8, 4) is 0 Å². The van der Waals surface area contributed by atoms with Crippen molar-refractivity contribution in [3.63, 3.8) is 0 Å². The van der Waals surface area contributed by atoms with Crippen LogP contribution < -0.4 is 4.90 Å². The van der Waals surface area contributed by atoms with Gasteiger partial charge in [0.2, 0.25) is 11.8 Å². The molecule has 33 heavy (non-hydrogen) atoms. The van der Waals surface area contributed by atoms with Crippen LogP contribution in [0.3, 0.4) is 0 Å². The number of halogens is 1. The van der Waals surface area contributed by atoms with Crippen LogP contribution in [0.15, 0.2) is 53.7 Å². The molecular weight excluding hydrogens is 444 g/mol. The minimum absolute atomic E-state index is 0.00202. The number of fused-ring (bicyclic) bond motifs is 8. The number of carbonyl (C=O) groups excluding carboxylic acids is 3. The predicted molar refractivity (Wildman–Crippen MR) is 120 cm³/mol. The van der Waals surface area contributed by atoms with Gasteiger partial charge in [0.05, 0.1) is 35.4 Å². The Morgan fingerprint density at radius 2 is 1.70 bits per heavy atom. The molecule has 2 bridgehead atoms. The van der Waals surface area contributed by atoms with E-state index in [1.807, 2.05) is 24.3 Å². The number of rotatable bonds is 4. The third-order valence-electron chi connectivity index (χ3n) is 7.47. The third kappa shape index (κ3) is 2.88. The van der Waals surface area contributed by atoms with E-state index >= 15 is 0 Å². The summed E-state index contributed by atoms with van der Waals surface area (Å²) in [4.78, 5) is 45.9. The van der Waals surface area contributed by atoms with Gasteiger partial charge in [0.25, 0.3) is 0 Å². The summed E-state index contributed by atoms with van der Waals surface area (Å²) >= 11 is 6.03. The fourth-order valence-electron chi connectivity index (χ4n) is 6.20. The average molecular weight is 465 g/mol. The predicted octanol–water partition coefficient (Wildman–Crippen LogP) is 3.69. The number of nitrogens with zero attached hydrogens (tertiary/aromatic N) is 2. The first-order valence-electron chi connectivity index (χ1n) is 11.1. The zero-order valence-corrected chi connectivity index (χ0v) is 18.6. The average Bonchev–Trinajstić information content (AvgIpc) is 3.55. The van der Waals surface area contributed by atoms with E-state index in [0.29, 0.717) is 16.3 Å². The molecule has 8 heteroatoms. The molecule has 1 saturated heterocycles. The SMILES string of the molecule is CCOC(=O)c1ccc(N2C(=O)[C@@H]3[C@H]4C[C@@H]([C@@H]5ON=C(c6ccc(Cl)cc6)[C@@H]45)[C@H]3C2=O)cc1. The fraction of sp³-hybridized carbons (Fsp3) is 0.360. The van der Waals surface area contributed by atoms with Crippen LogP contribution >= 0.6 is 11.6 Å². The summed E-state index contributed by atoms with van der Waals surface area (Å²) in [6.07, 6.45) is 0.592. The lowest BCUT2D eigenvalue weighted by Crippen LogP contribution is -2.41. The second-order valence-corrected chi connectivity index (χ2v) is 9.41. The van der Waals surface area contributed by atoms with Gasteiger partial charge < -0.3 is 9.57 Å². The summed E-state index contributed by atoms with van der Waals surface area (Å²) in [5.41, 5.74) is 2.62. The Labute approximate surface area is 195 Å². The number of esters is 1. The van der Waals surface area contributed by atoms with Crippen molar-refractivity contribution >= 4 is 40.8 Å². The number of oxime groups is 1. The van der Waals surface area contributed by atoms with Crippen LogP contribution in [-0.2, 0) is 19.2 Å². The van der Waals surface area contributed by atoms with Crippen molar-refractivity contribution in [2.24, 2.45) is 34.7 Å². The normalized spacial score (nSPS) is 31.3. The number of ether oxygens (including phenoxy) is 1. The highest BCUT2D eigenvalue weighted by molar-refractivity contribution is 6.30. The van der Waals surface area contributed by atoms with Crippen LogP contribution in [0, 0.1) is 29.6 Å². The zero-order chi connectivity index (χ0) is 22.9. The van der Waals surface area contributed by atoms with Gasteiger partial charge in [-0.3, -0.25) is 14.5 Å². The molecule has 0 radical (unpaired) electrons. The molecule has 2 aliphatic heterocycles. The Kier molecular flexibility index (Phi) is 4.59. The van der Waals surface area contributed by atoms with Crippen molar-refractivity contribution in [1.29, 1.82) is 0 Å². The first-order valence-corrected chi connectivity index (χ1v) is 11.5. The highest BCUT2D eigenvalue weighted by atomic mass is 35.5. The summed E-state index contributed by atoms with van der Waals surface area (Å²) in [6.45, 7) is 2.02. The molecule has 2 amide bonds. The summed E-state index contributed by atoms with van der Waals surface area (Å²) in [5, 5.41) is 4.99. The van der Waals surface area contributed by atoms with Crippen LogP contribution in [-0.4, -0.2) is 36.2 Å². The minimum Gasteiger partial charge on any atom is -0.462 e. The Bertz CT molecular complexity index is 1190. The molecule has 3 fully saturated rings. The van der Waals surface area contributed by atoms with Crippen LogP contribution in [0.1, 0.15) is 29.3 Å². The highest BCUT2D eigenvalue weighted by Gasteiger charge is 2.70. The third-order valence-corrected chi connectivity index (χ3v) is 7.72. The van der Waals surface area contributed by atoms with E-state index < -0.39 is 11.9 Å². The molecule has 7 nitrogen and oxygen atoms in total. The molecule has 0 aromatic heterocycles. The maximum absolute atomic E-state index is 13.5. The fourth-order valence-corrected chi connectivity index (χ4v) is 6.33. The molecular formula is C25H21ClN2O5. The van der Waals surface area contributed by atoms with E-state index in [1.165, 1.54) is 4.90 Å². The first-order chi connectivity index (χ1) is 16.0. The monoisotopic (exact) mass is 464 g/mol. The second-order valence-electron chi connectivity index (χ2n) is 8.97. The number of imide groups is 1. The van der Waals surface area contributed by atoms with Crippen LogP contribution in [0.2, 0.25) is 5.02 Å². The van der Waals surface area contributed by atoms with E-state index in [0.717, 1.165) is 17.7 Å². The molecule has 168 valence electrons. The molecule has 6 rings (SSSR count). The summed E-state index contributed by atoms with van der Waals surface area (Å²) in [5.74, 6) is -1.63. The first kappa shape index (κ1) is 20.4. The molecule has 2 aromatic carbocycles. The number of amides is 2. The largest absolute Gasteiger partial charge is 0.462 e. The van der Waals surface area contributed by atoms with E-state index in [4.69, 9.17) is 21.2 Å². The van der Waals surface area contributed by atoms with Crippen LogP contribution in [0.25, 0.3) is 0 Å². The molecule has 2 heterocycles. The minimum atomic E-state index is -0.433. The quantitative estimate of drug-likeness (QED) is 0.509. The van der Waals surface area contributed by atoms with Crippen molar-refractivity contribution in [1.82, 2.24) is 0 Å². The number of anilines is 1. The van der Waals surface area contributed by atoms with Gasteiger partial charge in [-0.2, -0.15) is 0 Å². The smallest absolute Gasteiger partial charge is 0.338 e. The Balaban J connectivity index is 1.28. The van der Waals surface area contributed by atoms with Crippen LogP contribution in [0.5, 0.6) is 0 Å². The van der Waals surface area contributed by atoms with E-state index in [2.05, 4.69) is 5.16 Å². The number of hydrogen-bond donors (Lipinski definition) is 0. The van der Waals surface area contributed by atoms with Gasteiger partial charge in [-0.05, 0) is 61.2 Å². The molecule has 2 aliphatic carbocycles. The number of carbonyl (C=O) groups is 3. The number of benzene rings is 2. The Morgan fingerprint density at radius 3 is 2.36 bits per heavy atom. The van der Waals surface area contributed by atoms with Gasteiger partial charge >= 0.3 is 5.97 Å². The van der Waals surface area contributed by atoms with Gasteiger partial charge in [0, 0.05) is 16.9 Å². The molecule has 4 aliphatic rings. The van der Waals surface area contributed by atoms with Gasteiger partial charge in [0.15, 0.2) is 0 Å². The van der Waals surface area contributed by atoms with E-state index in [9.17, 15) is 14.4 Å². The zero-order valence-electron chi connectivity index (χ0n) is 17.8. The van der Waals surface area contributed by atoms with Gasteiger partial charge in [-0.25, -0.2) is 4.79 Å². The van der Waals surface area contributed by atoms with Crippen molar-refractivity contribution < 1.29 is 24.0 Å². The number of hydrogen-bond acceptors (Lipinski definition) is 6. The van der Waals surface area contributed by atoms with E-state index in [1.54, 1.807) is 31.2 Å². The van der Waals surface area contributed by atoms with Crippen LogP contribution in [0.4, 0.5) is 5.69 Å². The molecule has 6 atom stereocenters. The highest BCUT2D eigenvalue weighted by Crippen LogP contribution is 2.62. The molecule has 0 unspecified atom stereocenters. The summed E-state index contributed by atoms with van der Waals surface area (Å²) in [6, 6.07) is 13.9. The summed E-state index contributed by atoms with van der Waals surface area (Å²) in [7, 11) is 0. The van der Waals surface area contributed by atoms with Crippen molar-refractivity contribution in [2.45, 2.75) is 19.4 Å². The standard InChI is InChI=1S/C25H21ClN2O5/c1-2-32-25(31)13-5-9-15(10-6-13)28-23(29)18-16-11-17(19(18)24(28)30)22-20(16)21(27-33-22)12-3-7-14(26)8-4-12/h3-10,16-20,22H,2,11H2,1H3/t16-,17-,18-,19-,20-,22+/m1/s1. The topological polar surface area (TPSA) is 85.3 Å². The van der Waals surface area contributed by atoms with Gasteiger partial charge in [-0.15, -0.1) is 0 Å². The lowest BCUT2D eigenvalue weighted by Gasteiger charge is -2.29. The lowest BCUT2D eigenvalue weighted by atomic mass is 9.71. The van der Waals surface area contributed by atoms with Gasteiger partial charge in [0.1, 0.15) is 6.10 Å². The van der Waals surface area contributed by atoms with Gasteiger partial charge in [-0.1, -0.05) is 28.9 Å². The molecule has 0 spiro atoms. The summed E-state index contributed by atoms with van der Waals surface area (Å²) < 4.78 is 5.01. The molecule has 2 aromatic rings. The maximum atomic E-state index is 13.5. The van der Waals surface area contributed by atoms with E-state index in [-0.39, 0.29) is 48.2 Å². The Morgan fingerprint density at radius 1 is 1.03 bits per heavy atom. The molecule has 2 saturated carbocycles. The van der Waals surface area contributed by atoms with Crippen molar-refractivity contribution in [3.05, 3.63) is 64.7 Å². The Hall–Kier alpha value is -3.19.